The molecule has 0 saturated carbocycles. The van der Waals surface area contributed by atoms with E-state index in [1.807, 2.05) is 38.1 Å². The first-order chi connectivity index (χ1) is 12.2. The number of halogens is 1. The first-order valence-electron chi connectivity index (χ1n) is 8.49. The maximum Gasteiger partial charge on any atom is 0.277 e. The summed E-state index contributed by atoms with van der Waals surface area (Å²) in [5, 5.41) is 3.99. The highest BCUT2D eigenvalue weighted by atomic mass is 79.9. The molecule has 1 N–H and O–H groups in total. The second-order valence-corrected chi connectivity index (χ2v) is 8.20. The molecule has 1 amide bonds. The summed E-state index contributed by atoms with van der Waals surface area (Å²) >= 11 is 3.46. The summed E-state index contributed by atoms with van der Waals surface area (Å²) in [4.78, 5) is 11.9. The third-order valence-corrected chi connectivity index (χ3v) is 4.49. The summed E-state index contributed by atoms with van der Waals surface area (Å²) in [6, 6.07) is 12.1. The fourth-order valence-electron chi connectivity index (χ4n) is 2.50. The summed E-state index contributed by atoms with van der Waals surface area (Å²) in [7, 11) is 0. The number of nitrogens with zero attached hydrogens (tertiary/aromatic N) is 1. The van der Waals surface area contributed by atoms with Gasteiger partial charge in [-0.05, 0) is 63.5 Å². The zero-order valence-electron chi connectivity index (χ0n) is 15.9. The van der Waals surface area contributed by atoms with Crippen LogP contribution >= 0.6 is 15.9 Å². The minimum absolute atomic E-state index is 0.0944. The minimum Gasteiger partial charge on any atom is -0.482 e. The van der Waals surface area contributed by atoms with Crippen LogP contribution in [0.2, 0.25) is 0 Å². The van der Waals surface area contributed by atoms with Gasteiger partial charge in [-0.15, -0.1) is 0 Å². The Balaban J connectivity index is 1.88. The van der Waals surface area contributed by atoms with Crippen LogP contribution in [0.15, 0.2) is 46.0 Å². The van der Waals surface area contributed by atoms with E-state index in [0.29, 0.717) is 5.75 Å². The molecule has 2 rings (SSSR count). The van der Waals surface area contributed by atoms with Gasteiger partial charge in [-0.1, -0.05) is 51.1 Å². The monoisotopic (exact) mass is 416 g/mol. The van der Waals surface area contributed by atoms with Crippen LogP contribution in [0.1, 0.15) is 43.0 Å². The maximum atomic E-state index is 11.9. The molecule has 0 bridgehead atoms. The van der Waals surface area contributed by atoms with Crippen molar-refractivity contribution in [3.05, 3.63) is 63.1 Å². The number of aryl methyl sites for hydroxylation is 2. The van der Waals surface area contributed by atoms with Crippen molar-refractivity contribution in [3.8, 4) is 5.75 Å². The largest absolute Gasteiger partial charge is 0.482 e. The minimum atomic E-state index is -0.306. The molecule has 0 fully saturated rings. The Hall–Kier alpha value is -2.14. The van der Waals surface area contributed by atoms with Crippen LogP contribution < -0.4 is 10.2 Å². The Morgan fingerprint density at radius 3 is 2.42 bits per heavy atom. The van der Waals surface area contributed by atoms with Gasteiger partial charge in [0.25, 0.3) is 5.91 Å². The van der Waals surface area contributed by atoms with Crippen molar-refractivity contribution >= 4 is 28.1 Å². The fourth-order valence-corrected chi connectivity index (χ4v) is 3.29. The van der Waals surface area contributed by atoms with Crippen molar-refractivity contribution in [2.45, 2.75) is 40.0 Å². The zero-order valence-corrected chi connectivity index (χ0v) is 17.5. The summed E-state index contributed by atoms with van der Waals surface area (Å²) in [6.45, 7) is 10.4. The SMILES string of the molecule is Cc1cc(C)c(OCC(=O)N/N=C\c2ccc(C(C)(C)C)cc2)c(Br)c1. The van der Waals surface area contributed by atoms with Gasteiger partial charge < -0.3 is 4.74 Å². The molecule has 0 aliphatic carbocycles. The first kappa shape index (κ1) is 20.2. The van der Waals surface area contributed by atoms with Crippen LogP contribution in [0.3, 0.4) is 0 Å². The molecule has 0 unspecified atom stereocenters. The average molecular weight is 417 g/mol. The number of nitrogens with one attached hydrogen (secondary N) is 1. The van der Waals surface area contributed by atoms with E-state index in [2.05, 4.69) is 59.4 Å². The van der Waals surface area contributed by atoms with Crippen LogP contribution in [-0.4, -0.2) is 18.7 Å². The van der Waals surface area contributed by atoms with Crippen molar-refractivity contribution < 1.29 is 9.53 Å². The van der Waals surface area contributed by atoms with E-state index in [0.717, 1.165) is 21.2 Å². The van der Waals surface area contributed by atoms with Crippen LogP contribution in [0.5, 0.6) is 5.75 Å². The summed E-state index contributed by atoms with van der Waals surface area (Å²) in [5.74, 6) is 0.368. The van der Waals surface area contributed by atoms with E-state index in [-0.39, 0.29) is 17.9 Å². The third kappa shape index (κ3) is 5.70. The van der Waals surface area contributed by atoms with Crippen molar-refractivity contribution in [1.82, 2.24) is 5.43 Å². The van der Waals surface area contributed by atoms with E-state index >= 15 is 0 Å². The van der Waals surface area contributed by atoms with Gasteiger partial charge in [-0.25, -0.2) is 5.43 Å². The summed E-state index contributed by atoms with van der Waals surface area (Å²) in [5.41, 5.74) is 6.90. The molecular weight excluding hydrogens is 392 g/mol. The van der Waals surface area contributed by atoms with Crippen molar-refractivity contribution in [1.29, 1.82) is 0 Å². The number of rotatable bonds is 5. The molecule has 0 spiro atoms. The highest BCUT2D eigenvalue weighted by Gasteiger charge is 2.12. The van der Waals surface area contributed by atoms with Gasteiger partial charge in [0.15, 0.2) is 6.61 Å². The number of hydrogen-bond donors (Lipinski definition) is 1. The second kappa shape index (κ2) is 8.49. The standard InChI is InChI=1S/C21H25BrN2O2/c1-14-10-15(2)20(18(22)11-14)26-13-19(25)24-23-12-16-6-8-17(9-7-16)21(3,4)5/h6-12H,13H2,1-5H3,(H,24,25)/b23-12-. The molecule has 138 valence electrons. The lowest BCUT2D eigenvalue weighted by Gasteiger charge is -2.18. The van der Waals surface area contributed by atoms with Crippen LogP contribution in [-0.2, 0) is 10.2 Å². The molecule has 0 aliphatic heterocycles. The van der Waals surface area contributed by atoms with Gasteiger partial charge in [0.2, 0.25) is 0 Å². The van der Waals surface area contributed by atoms with Gasteiger partial charge in [0.05, 0.1) is 10.7 Å². The van der Waals surface area contributed by atoms with E-state index < -0.39 is 0 Å². The first-order valence-corrected chi connectivity index (χ1v) is 9.28. The Kier molecular flexibility index (Phi) is 6.59. The van der Waals surface area contributed by atoms with Gasteiger partial charge in [-0.2, -0.15) is 5.10 Å². The smallest absolute Gasteiger partial charge is 0.277 e. The second-order valence-electron chi connectivity index (χ2n) is 7.35. The molecule has 0 atom stereocenters. The molecule has 2 aromatic rings. The van der Waals surface area contributed by atoms with Crippen LogP contribution in [0.25, 0.3) is 0 Å². The van der Waals surface area contributed by atoms with Crippen LogP contribution in [0.4, 0.5) is 0 Å². The Morgan fingerprint density at radius 2 is 1.85 bits per heavy atom. The highest BCUT2D eigenvalue weighted by Crippen LogP contribution is 2.30. The van der Waals surface area contributed by atoms with Gasteiger partial charge in [-0.3, -0.25) is 4.79 Å². The number of ether oxygens (including phenoxy) is 1. The van der Waals surface area contributed by atoms with Crippen molar-refractivity contribution in [3.63, 3.8) is 0 Å². The quantitative estimate of drug-likeness (QED) is 0.556. The Labute approximate surface area is 163 Å². The van der Waals surface area contributed by atoms with Crippen LogP contribution in [0, 0.1) is 13.8 Å². The van der Waals surface area contributed by atoms with E-state index in [4.69, 9.17) is 4.74 Å². The molecule has 2 aromatic carbocycles. The lowest BCUT2D eigenvalue weighted by molar-refractivity contribution is -0.123. The number of benzene rings is 2. The average Bonchev–Trinajstić information content (AvgIpc) is 2.53. The molecule has 0 aliphatic rings. The molecule has 0 aromatic heterocycles. The van der Waals surface area contributed by atoms with Gasteiger partial charge >= 0.3 is 0 Å². The topological polar surface area (TPSA) is 50.7 Å². The predicted molar refractivity (Wildman–Crippen MR) is 110 cm³/mol. The Morgan fingerprint density at radius 1 is 1.19 bits per heavy atom. The molecule has 4 nitrogen and oxygen atoms in total. The lowest BCUT2D eigenvalue weighted by Crippen LogP contribution is -2.24. The number of carbonyl (C=O) groups is 1. The molecule has 5 heteroatoms. The summed E-state index contributed by atoms with van der Waals surface area (Å²) in [6.07, 6.45) is 1.62. The number of carbonyl (C=O) groups excluding carboxylic acids is 1. The molecular formula is C21H25BrN2O2. The fraction of sp³-hybridized carbons (Fsp3) is 0.333. The maximum absolute atomic E-state index is 11.9. The molecule has 0 saturated heterocycles. The summed E-state index contributed by atoms with van der Waals surface area (Å²) < 4.78 is 6.45. The zero-order chi connectivity index (χ0) is 19.3. The highest BCUT2D eigenvalue weighted by molar-refractivity contribution is 9.10. The number of hydrogen-bond acceptors (Lipinski definition) is 3. The van der Waals surface area contributed by atoms with Crippen molar-refractivity contribution in [2.75, 3.05) is 6.61 Å². The van der Waals surface area contributed by atoms with Gasteiger partial charge in [0.1, 0.15) is 5.75 Å². The molecule has 26 heavy (non-hydrogen) atoms. The molecule has 0 heterocycles. The Bertz CT molecular complexity index is 783. The van der Waals surface area contributed by atoms with Gasteiger partial charge in [0, 0.05) is 0 Å². The van der Waals surface area contributed by atoms with E-state index in [1.54, 1.807) is 6.21 Å². The van der Waals surface area contributed by atoms with E-state index in [9.17, 15) is 4.79 Å². The van der Waals surface area contributed by atoms with Crippen molar-refractivity contribution in [2.24, 2.45) is 5.10 Å². The number of amides is 1. The normalized spacial score (nSPS) is 11.6. The lowest BCUT2D eigenvalue weighted by atomic mass is 9.87. The van der Waals surface area contributed by atoms with E-state index in [1.165, 1.54) is 5.56 Å². The molecule has 0 radical (unpaired) electrons. The number of hydrazone groups is 1. The third-order valence-electron chi connectivity index (χ3n) is 3.90. The predicted octanol–water partition coefficient (Wildman–Crippen LogP) is 4.89.